The maximum absolute atomic E-state index is 13.4. The predicted octanol–water partition coefficient (Wildman–Crippen LogP) is 2.90. The Hall–Kier alpha value is -2.60. The van der Waals surface area contributed by atoms with Crippen LogP contribution in [-0.2, 0) is 16.1 Å². The molecule has 2 fully saturated rings. The Morgan fingerprint density at radius 1 is 1.27 bits per heavy atom. The zero-order chi connectivity index (χ0) is 21.6. The molecule has 0 bridgehead atoms. The van der Waals surface area contributed by atoms with Gasteiger partial charge in [0.25, 0.3) is 0 Å². The third-order valence-electron chi connectivity index (χ3n) is 6.32. The quantitative estimate of drug-likeness (QED) is 0.635. The van der Waals surface area contributed by atoms with E-state index in [0.717, 1.165) is 43.5 Å². The minimum absolute atomic E-state index is 0.0308. The molecule has 0 saturated carbocycles. The Kier molecular flexibility index (Phi) is 7.32. The highest BCUT2D eigenvalue weighted by molar-refractivity contribution is 5.89. The number of benzene rings is 1. The van der Waals surface area contributed by atoms with E-state index in [2.05, 4.69) is 23.4 Å². The molecule has 6 nitrogen and oxygen atoms in total. The van der Waals surface area contributed by atoms with E-state index in [1.54, 1.807) is 7.11 Å². The van der Waals surface area contributed by atoms with E-state index < -0.39 is 6.04 Å². The number of hydrogen-bond donors (Lipinski definition) is 1. The van der Waals surface area contributed by atoms with Crippen molar-refractivity contribution in [3.63, 3.8) is 0 Å². The smallest absolute Gasteiger partial charge is 0.237 e. The molecule has 1 unspecified atom stereocenters. The van der Waals surface area contributed by atoms with Crippen LogP contribution >= 0.6 is 0 Å². The molecule has 2 aliphatic rings. The molecule has 30 heavy (non-hydrogen) atoms. The summed E-state index contributed by atoms with van der Waals surface area (Å²) in [6.07, 6.45) is 7.34. The van der Waals surface area contributed by atoms with Gasteiger partial charge >= 0.3 is 0 Å². The highest BCUT2D eigenvalue weighted by Gasteiger charge is 2.43. The Balaban J connectivity index is 1.77. The lowest BCUT2D eigenvalue weighted by Gasteiger charge is -2.40. The molecular formula is C24H33N3O3. The molecule has 1 N–H and O–H groups in total. The van der Waals surface area contributed by atoms with E-state index in [9.17, 15) is 9.59 Å². The first-order valence-electron chi connectivity index (χ1n) is 10.7. The first-order valence-corrected chi connectivity index (χ1v) is 10.7. The van der Waals surface area contributed by atoms with Gasteiger partial charge in [-0.05, 0) is 31.7 Å². The van der Waals surface area contributed by atoms with Gasteiger partial charge in [0.05, 0.1) is 19.6 Å². The minimum Gasteiger partial charge on any atom is -0.496 e. The van der Waals surface area contributed by atoms with Crippen molar-refractivity contribution in [3.05, 3.63) is 55.1 Å². The van der Waals surface area contributed by atoms with Crippen LogP contribution in [0.4, 0.5) is 0 Å². The number of hydrogen-bond acceptors (Lipinski definition) is 4. The molecule has 0 aliphatic carbocycles. The Labute approximate surface area is 179 Å². The number of nitrogens with zero attached hydrogens (tertiary/aromatic N) is 2. The van der Waals surface area contributed by atoms with Crippen LogP contribution in [0.15, 0.2) is 49.6 Å². The molecular weight excluding hydrogens is 378 g/mol. The summed E-state index contributed by atoms with van der Waals surface area (Å²) in [5, 5.41) is 2.93. The fraction of sp³-hybridized carbons (Fsp3) is 0.500. The van der Waals surface area contributed by atoms with Crippen LogP contribution in [0.25, 0.3) is 0 Å². The van der Waals surface area contributed by atoms with Crippen LogP contribution in [-0.4, -0.2) is 59.9 Å². The van der Waals surface area contributed by atoms with Crippen molar-refractivity contribution in [1.29, 1.82) is 0 Å². The second-order valence-electron chi connectivity index (χ2n) is 8.15. The summed E-state index contributed by atoms with van der Waals surface area (Å²) in [6.45, 7) is 10.4. The number of amides is 2. The zero-order valence-corrected chi connectivity index (χ0v) is 17.9. The Morgan fingerprint density at radius 2 is 2.00 bits per heavy atom. The van der Waals surface area contributed by atoms with Crippen molar-refractivity contribution >= 4 is 11.8 Å². The number of nitrogens with one attached hydrogen (secondary N) is 1. The maximum atomic E-state index is 13.4. The van der Waals surface area contributed by atoms with E-state index in [-0.39, 0.29) is 23.8 Å². The lowest BCUT2D eigenvalue weighted by Crippen LogP contribution is -2.57. The summed E-state index contributed by atoms with van der Waals surface area (Å²) >= 11 is 0. The van der Waals surface area contributed by atoms with E-state index >= 15 is 0 Å². The van der Waals surface area contributed by atoms with Gasteiger partial charge in [-0.15, -0.1) is 13.2 Å². The first kappa shape index (κ1) is 22.1. The highest BCUT2D eigenvalue weighted by Crippen LogP contribution is 2.37. The first-order chi connectivity index (χ1) is 14.5. The molecule has 0 radical (unpaired) electrons. The fourth-order valence-corrected chi connectivity index (χ4v) is 4.87. The van der Waals surface area contributed by atoms with Crippen LogP contribution in [0.1, 0.15) is 37.7 Å². The third-order valence-corrected chi connectivity index (χ3v) is 6.32. The maximum Gasteiger partial charge on any atom is 0.237 e. The monoisotopic (exact) mass is 411 g/mol. The van der Waals surface area contributed by atoms with Crippen LogP contribution in [0.5, 0.6) is 5.75 Å². The molecule has 0 spiro atoms. The third kappa shape index (κ3) is 4.59. The van der Waals surface area contributed by atoms with Crippen LogP contribution < -0.4 is 10.1 Å². The summed E-state index contributed by atoms with van der Waals surface area (Å²) < 4.78 is 5.47. The standard InChI is InChI=1S/C24H33N3O3/c1-4-11-24(12-5-2)13-8-15-27(24)22(28)17-20-23(29)25-14-16-26(20)18-19-9-6-7-10-21(19)30-3/h4-7,9-10,20H,1-2,8,11-18H2,3H3,(H,25,29). The van der Waals surface area contributed by atoms with E-state index in [4.69, 9.17) is 4.74 Å². The number of likely N-dealkylation sites (tertiary alicyclic amines) is 1. The van der Waals surface area contributed by atoms with Crippen molar-refractivity contribution in [2.75, 3.05) is 26.7 Å². The molecule has 2 aliphatic heterocycles. The molecule has 0 aromatic heterocycles. The highest BCUT2D eigenvalue weighted by atomic mass is 16.5. The SMILES string of the molecule is C=CCC1(CC=C)CCCN1C(=O)CC1C(=O)NCCN1Cc1ccccc1OC. The van der Waals surface area contributed by atoms with Gasteiger partial charge in [-0.25, -0.2) is 0 Å². The van der Waals surface area contributed by atoms with E-state index in [0.29, 0.717) is 19.6 Å². The summed E-state index contributed by atoms with van der Waals surface area (Å²) in [6, 6.07) is 7.33. The molecule has 3 rings (SSSR count). The molecule has 1 aromatic carbocycles. The van der Waals surface area contributed by atoms with Gasteiger partial charge in [0.1, 0.15) is 5.75 Å². The summed E-state index contributed by atoms with van der Waals surface area (Å²) in [5.74, 6) is 0.745. The summed E-state index contributed by atoms with van der Waals surface area (Å²) in [4.78, 5) is 30.2. The second-order valence-corrected chi connectivity index (χ2v) is 8.15. The van der Waals surface area contributed by atoms with Crippen molar-refractivity contribution in [2.24, 2.45) is 0 Å². The normalized spacial score (nSPS) is 21.2. The molecule has 162 valence electrons. The lowest BCUT2D eigenvalue weighted by atomic mass is 9.87. The number of rotatable bonds is 9. The molecule has 1 atom stereocenters. The summed E-state index contributed by atoms with van der Waals surface area (Å²) in [7, 11) is 1.65. The largest absolute Gasteiger partial charge is 0.496 e. The minimum atomic E-state index is -0.484. The molecule has 2 heterocycles. The number of carbonyl (C=O) groups excluding carboxylic acids is 2. The van der Waals surface area contributed by atoms with Gasteiger partial charge in [-0.3, -0.25) is 14.5 Å². The molecule has 1 aromatic rings. The number of para-hydroxylation sites is 1. The van der Waals surface area contributed by atoms with Crippen molar-refractivity contribution in [3.8, 4) is 5.75 Å². The Morgan fingerprint density at radius 3 is 2.70 bits per heavy atom. The van der Waals surface area contributed by atoms with Crippen LogP contribution in [0, 0.1) is 0 Å². The number of ether oxygens (including phenoxy) is 1. The summed E-state index contributed by atoms with van der Waals surface area (Å²) in [5.41, 5.74) is 0.764. The lowest BCUT2D eigenvalue weighted by molar-refractivity contribution is -0.141. The van der Waals surface area contributed by atoms with Gasteiger partial charge in [0.2, 0.25) is 11.8 Å². The van der Waals surface area contributed by atoms with Gasteiger partial charge in [-0.2, -0.15) is 0 Å². The molecule has 6 heteroatoms. The van der Waals surface area contributed by atoms with E-state index in [1.807, 2.05) is 41.3 Å². The predicted molar refractivity (Wildman–Crippen MR) is 118 cm³/mol. The average Bonchev–Trinajstić information content (AvgIpc) is 3.15. The van der Waals surface area contributed by atoms with E-state index in [1.165, 1.54) is 0 Å². The second kappa shape index (κ2) is 9.94. The number of methoxy groups -OCH3 is 1. The average molecular weight is 412 g/mol. The number of carbonyl (C=O) groups is 2. The van der Waals surface area contributed by atoms with Gasteiger partial charge in [0.15, 0.2) is 0 Å². The fourth-order valence-electron chi connectivity index (χ4n) is 4.87. The van der Waals surface area contributed by atoms with Crippen molar-refractivity contribution < 1.29 is 14.3 Å². The molecule has 2 saturated heterocycles. The molecule has 2 amide bonds. The van der Waals surface area contributed by atoms with Crippen molar-refractivity contribution in [2.45, 2.75) is 50.2 Å². The Bertz CT molecular complexity index is 782. The van der Waals surface area contributed by atoms with Gasteiger partial charge in [0, 0.05) is 37.3 Å². The topological polar surface area (TPSA) is 61.9 Å². The number of piperazine rings is 1. The van der Waals surface area contributed by atoms with Gasteiger partial charge < -0.3 is 15.0 Å². The van der Waals surface area contributed by atoms with Gasteiger partial charge in [-0.1, -0.05) is 30.4 Å². The van der Waals surface area contributed by atoms with Crippen LogP contribution in [0.3, 0.4) is 0 Å². The van der Waals surface area contributed by atoms with Crippen LogP contribution in [0.2, 0.25) is 0 Å². The zero-order valence-electron chi connectivity index (χ0n) is 17.9. The van der Waals surface area contributed by atoms with Crippen molar-refractivity contribution in [1.82, 2.24) is 15.1 Å².